The molecule has 0 heterocycles. The molecule has 0 radical (unpaired) electrons. The standard InChI is InChI=1S/C16H15ClF3N/c1-2-7-21-16(12-5-3-10(17)8-15(12)20)13-9-11(18)4-6-14(13)19/h3-6,8-9,16,21H,2,7H2,1H3. The van der Waals surface area contributed by atoms with E-state index in [2.05, 4.69) is 5.32 Å². The molecule has 0 aromatic heterocycles. The first-order valence-electron chi connectivity index (χ1n) is 6.66. The second-order valence-electron chi connectivity index (χ2n) is 4.72. The van der Waals surface area contributed by atoms with Crippen LogP contribution in [0, 0.1) is 17.5 Å². The van der Waals surface area contributed by atoms with Gasteiger partial charge >= 0.3 is 0 Å². The Morgan fingerprint density at radius 1 is 1.00 bits per heavy atom. The smallest absolute Gasteiger partial charge is 0.129 e. The Balaban J connectivity index is 2.49. The monoisotopic (exact) mass is 313 g/mol. The van der Waals surface area contributed by atoms with E-state index in [-0.39, 0.29) is 16.1 Å². The van der Waals surface area contributed by atoms with Crippen molar-refractivity contribution in [3.63, 3.8) is 0 Å². The molecule has 2 aromatic carbocycles. The van der Waals surface area contributed by atoms with Crippen molar-refractivity contribution >= 4 is 11.6 Å². The zero-order valence-electron chi connectivity index (χ0n) is 11.5. The normalized spacial score (nSPS) is 12.4. The number of benzene rings is 2. The molecule has 1 unspecified atom stereocenters. The minimum atomic E-state index is -0.766. The molecule has 0 saturated carbocycles. The van der Waals surface area contributed by atoms with E-state index in [1.54, 1.807) is 0 Å². The molecule has 2 aromatic rings. The summed E-state index contributed by atoms with van der Waals surface area (Å²) >= 11 is 5.73. The molecule has 0 bridgehead atoms. The summed E-state index contributed by atoms with van der Waals surface area (Å²) in [6.45, 7) is 2.48. The van der Waals surface area contributed by atoms with Gasteiger partial charge in [-0.2, -0.15) is 0 Å². The largest absolute Gasteiger partial charge is 0.306 e. The summed E-state index contributed by atoms with van der Waals surface area (Å²) in [6.07, 6.45) is 0.780. The molecule has 0 aliphatic rings. The average molecular weight is 314 g/mol. The maximum absolute atomic E-state index is 14.1. The van der Waals surface area contributed by atoms with Crippen LogP contribution in [0.1, 0.15) is 30.5 Å². The van der Waals surface area contributed by atoms with Crippen LogP contribution in [0.25, 0.3) is 0 Å². The summed E-state index contributed by atoms with van der Waals surface area (Å²) in [7, 11) is 0. The van der Waals surface area contributed by atoms with Crippen LogP contribution < -0.4 is 5.32 Å². The van der Waals surface area contributed by atoms with Gasteiger partial charge in [-0.15, -0.1) is 0 Å². The van der Waals surface area contributed by atoms with Crippen LogP contribution in [0.3, 0.4) is 0 Å². The first kappa shape index (κ1) is 15.9. The quantitative estimate of drug-likeness (QED) is 0.832. The summed E-state index contributed by atoms with van der Waals surface area (Å²) in [6, 6.07) is 6.56. The zero-order chi connectivity index (χ0) is 15.4. The van der Waals surface area contributed by atoms with Crippen LogP contribution in [-0.2, 0) is 0 Å². The summed E-state index contributed by atoms with van der Waals surface area (Å²) in [4.78, 5) is 0. The molecule has 5 heteroatoms. The molecule has 1 N–H and O–H groups in total. The summed E-state index contributed by atoms with van der Waals surface area (Å²) in [5, 5.41) is 3.30. The fourth-order valence-corrected chi connectivity index (χ4v) is 2.31. The molecular formula is C16H15ClF3N. The molecule has 112 valence electrons. The van der Waals surface area contributed by atoms with Gasteiger partial charge in [0.25, 0.3) is 0 Å². The van der Waals surface area contributed by atoms with E-state index in [9.17, 15) is 13.2 Å². The van der Waals surface area contributed by atoms with Gasteiger partial charge in [-0.05, 0) is 43.3 Å². The Morgan fingerprint density at radius 2 is 1.76 bits per heavy atom. The van der Waals surface area contributed by atoms with E-state index in [0.29, 0.717) is 6.54 Å². The van der Waals surface area contributed by atoms with Crippen LogP contribution in [-0.4, -0.2) is 6.54 Å². The highest BCUT2D eigenvalue weighted by molar-refractivity contribution is 6.30. The van der Waals surface area contributed by atoms with Gasteiger partial charge in [0, 0.05) is 16.1 Å². The highest BCUT2D eigenvalue weighted by Gasteiger charge is 2.21. The van der Waals surface area contributed by atoms with Gasteiger partial charge in [0.15, 0.2) is 0 Å². The van der Waals surface area contributed by atoms with Gasteiger partial charge in [0.2, 0.25) is 0 Å². The lowest BCUT2D eigenvalue weighted by atomic mass is 9.97. The second-order valence-corrected chi connectivity index (χ2v) is 5.16. The number of rotatable bonds is 5. The van der Waals surface area contributed by atoms with Crippen molar-refractivity contribution < 1.29 is 13.2 Å². The highest BCUT2D eigenvalue weighted by atomic mass is 35.5. The Bertz CT molecular complexity index is 631. The summed E-state index contributed by atoms with van der Waals surface area (Å²) < 4.78 is 41.5. The molecule has 0 amide bonds. The minimum absolute atomic E-state index is 0.0738. The average Bonchev–Trinajstić information content (AvgIpc) is 2.44. The second kappa shape index (κ2) is 6.96. The van der Waals surface area contributed by atoms with Crippen LogP contribution in [0.15, 0.2) is 36.4 Å². The number of halogens is 4. The Kier molecular flexibility index (Phi) is 5.26. The van der Waals surface area contributed by atoms with Gasteiger partial charge in [-0.3, -0.25) is 0 Å². The molecule has 0 aliphatic heterocycles. The highest BCUT2D eigenvalue weighted by Crippen LogP contribution is 2.28. The Hall–Kier alpha value is -1.52. The van der Waals surface area contributed by atoms with Crippen LogP contribution in [0.5, 0.6) is 0 Å². The minimum Gasteiger partial charge on any atom is -0.306 e. The summed E-state index contributed by atoms with van der Waals surface area (Å²) in [5.41, 5.74) is 0.307. The number of hydrogen-bond acceptors (Lipinski definition) is 1. The molecule has 1 nitrogen and oxygen atoms in total. The third-order valence-electron chi connectivity index (χ3n) is 3.14. The van der Waals surface area contributed by atoms with Crippen LogP contribution in [0.2, 0.25) is 5.02 Å². The van der Waals surface area contributed by atoms with Crippen LogP contribution in [0.4, 0.5) is 13.2 Å². The predicted octanol–water partition coefficient (Wildman–Crippen LogP) is 4.85. The van der Waals surface area contributed by atoms with E-state index in [0.717, 1.165) is 30.7 Å². The topological polar surface area (TPSA) is 12.0 Å². The zero-order valence-corrected chi connectivity index (χ0v) is 12.2. The SMILES string of the molecule is CCCNC(c1ccc(Cl)cc1F)c1cc(F)ccc1F. The maximum Gasteiger partial charge on any atom is 0.129 e. The van der Waals surface area contributed by atoms with Crippen molar-refractivity contribution in [3.05, 3.63) is 70.0 Å². The molecule has 0 aliphatic carbocycles. The van der Waals surface area contributed by atoms with E-state index in [4.69, 9.17) is 11.6 Å². The van der Waals surface area contributed by atoms with E-state index >= 15 is 0 Å². The number of hydrogen-bond donors (Lipinski definition) is 1. The van der Waals surface area contributed by atoms with E-state index < -0.39 is 23.5 Å². The van der Waals surface area contributed by atoms with E-state index in [1.165, 1.54) is 12.1 Å². The van der Waals surface area contributed by atoms with Crippen molar-refractivity contribution in [1.29, 1.82) is 0 Å². The first-order valence-corrected chi connectivity index (χ1v) is 7.04. The molecule has 0 saturated heterocycles. The van der Waals surface area contributed by atoms with Gasteiger partial charge in [0.05, 0.1) is 6.04 Å². The van der Waals surface area contributed by atoms with Gasteiger partial charge in [0.1, 0.15) is 17.5 Å². The third kappa shape index (κ3) is 3.77. The van der Waals surface area contributed by atoms with Crippen molar-refractivity contribution in [1.82, 2.24) is 5.32 Å². The third-order valence-corrected chi connectivity index (χ3v) is 3.38. The maximum atomic E-state index is 14.1. The first-order chi connectivity index (χ1) is 10.0. The van der Waals surface area contributed by atoms with Gasteiger partial charge in [-0.1, -0.05) is 24.6 Å². The predicted molar refractivity (Wildman–Crippen MR) is 77.9 cm³/mol. The Morgan fingerprint density at radius 3 is 2.43 bits per heavy atom. The lowest BCUT2D eigenvalue weighted by Crippen LogP contribution is -2.25. The molecular weight excluding hydrogens is 299 g/mol. The molecule has 2 rings (SSSR count). The Labute approximate surface area is 126 Å². The van der Waals surface area contributed by atoms with Crippen molar-refractivity contribution in [2.75, 3.05) is 6.54 Å². The molecule has 0 fully saturated rings. The molecule has 1 atom stereocenters. The van der Waals surface area contributed by atoms with Crippen LogP contribution >= 0.6 is 11.6 Å². The van der Waals surface area contributed by atoms with E-state index in [1.807, 2.05) is 6.92 Å². The van der Waals surface area contributed by atoms with Gasteiger partial charge in [-0.25, -0.2) is 13.2 Å². The molecule has 0 spiro atoms. The van der Waals surface area contributed by atoms with Crippen molar-refractivity contribution in [2.24, 2.45) is 0 Å². The fourth-order valence-electron chi connectivity index (χ4n) is 2.15. The van der Waals surface area contributed by atoms with Crippen molar-refractivity contribution in [3.8, 4) is 0 Å². The lowest BCUT2D eigenvalue weighted by Gasteiger charge is -2.21. The number of nitrogens with one attached hydrogen (secondary N) is 1. The van der Waals surface area contributed by atoms with Gasteiger partial charge < -0.3 is 5.32 Å². The lowest BCUT2D eigenvalue weighted by molar-refractivity contribution is 0.513. The summed E-state index contributed by atoms with van der Waals surface area (Å²) in [5.74, 6) is -1.71. The molecule has 21 heavy (non-hydrogen) atoms. The fraction of sp³-hybridized carbons (Fsp3) is 0.250. The van der Waals surface area contributed by atoms with Crippen molar-refractivity contribution in [2.45, 2.75) is 19.4 Å².